The monoisotopic (exact) mass is 692 g/mol. The molecule has 0 aliphatic rings. The molecule has 0 spiro atoms. The highest BCUT2D eigenvalue weighted by Crippen LogP contribution is 2.42. The topological polar surface area (TPSA) is 168 Å². The molecule has 0 aromatic heterocycles. The third kappa shape index (κ3) is 7.56. The molecule has 4 N–H and O–H groups in total. The van der Waals surface area contributed by atoms with Crippen LogP contribution in [-0.4, -0.2) is 32.0 Å². The molecule has 2 amide bonds. The zero-order valence-corrected chi connectivity index (χ0v) is 25.2. The molecule has 17 heteroatoms. The van der Waals surface area contributed by atoms with E-state index in [1.165, 1.54) is 60.7 Å². The summed E-state index contributed by atoms with van der Waals surface area (Å²) in [6, 6.07) is 15.0. The van der Waals surface area contributed by atoms with Crippen molar-refractivity contribution in [3.63, 3.8) is 0 Å². The molecule has 0 saturated heterocycles. The minimum Gasteiger partial charge on any atom is -0.455 e. The van der Waals surface area contributed by atoms with E-state index >= 15 is 0 Å². The smallest absolute Gasteiger partial charge is 0.323 e. The summed E-state index contributed by atoms with van der Waals surface area (Å²) in [5, 5.41) is 4.16. The Balaban J connectivity index is 1.79. The molecule has 4 rings (SSSR count). The number of rotatable bonds is 8. The molecule has 220 valence electrons. The second-order valence-corrected chi connectivity index (χ2v) is 12.5. The van der Waals surface area contributed by atoms with Crippen molar-refractivity contribution in [3.8, 4) is 23.0 Å². The van der Waals surface area contributed by atoms with E-state index in [1.54, 1.807) is 0 Å². The van der Waals surface area contributed by atoms with Crippen molar-refractivity contribution in [2.24, 2.45) is 0 Å². The molecule has 42 heavy (non-hydrogen) atoms. The molecule has 0 aliphatic carbocycles. The summed E-state index contributed by atoms with van der Waals surface area (Å²) in [6.45, 7) is 0. The Hall–Kier alpha value is -3.27. The van der Waals surface area contributed by atoms with Gasteiger partial charge in [-0.25, -0.2) is 4.79 Å². The van der Waals surface area contributed by atoms with Crippen LogP contribution in [0.3, 0.4) is 0 Å². The molecule has 0 radical (unpaired) electrons. The molecular weight excluding hydrogens is 678 g/mol. The van der Waals surface area contributed by atoms with E-state index in [4.69, 9.17) is 55.9 Å². The van der Waals surface area contributed by atoms with Gasteiger partial charge >= 0.3 is 6.03 Å². The van der Waals surface area contributed by atoms with Gasteiger partial charge in [0.15, 0.2) is 11.5 Å². The zero-order chi connectivity index (χ0) is 30.8. The standard InChI is InChI=1S/C25H16Cl4N2O9S2/c26-13-1-5-15(6-2-13)39-19-11-9-17(28)23(41(33,34)35)21(19)30-25(32)31-22-20(40-16-7-3-14(27)4-8-16)12-10-18(29)24(22)42(36,37)38/h1-12H,(H2,30,31,32)(H,33,34,35)(H,36,37,38). The van der Waals surface area contributed by atoms with Gasteiger partial charge in [-0.2, -0.15) is 16.8 Å². The van der Waals surface area contributed by atoms with E-state index < -0.39 is 57.5 Å². The highest BCUT2D eigenvalue weighted by atomic mass is 35.5. The number of hydrogen-bond acceptors (Lipinski definition) is 7. The van der Waals surface area contributed by atoms with Crippen LogP contribution < -0.4 is 20.1 Å². The van der Waals surface area contributed by atoms with Crippen LogP contribution >= 0.6 is 46.4 Å². The minimum atomic E-state index is -5.06. The molecule has 0 fully saturated rings. The summed E-state index contributed by atoms with van der Waals surface area (Å²) < 4.78 is 80.1. The Kier molecular flexibility index (Phi) is 9.45. The maximum atomic E-state index is 13.3. The summed E-state index contributed by atoms with van der Waals surface area (Å²) in [6.07, 6.45) is 0. The quantitative estimate of drug-likeness (QED) is 0.134. The van der Waals surface area contributed by atoms with E-state index in [1.807, 2.05) is 0 Å². The summed E-state index contributed by atoms with van der Waals surface area (Å²) >= 11 is 23.9. The first-order valence-electron chi connectivity index (χ1n) is 11.2. The second kappa shape index (κ2) is 12.5. The number of halogens is 4. The van der Waals surface area contributed by atoms with Crippen molar-refractivity contribution in [2.75, 3.05) is 10.6 Å². The van der Waals surface area contributed by atoms with Gasteiger partial charge in [-0.1, -0.05) is 46.4 Å². The van der Waals surface area contributed by atoms with Crippen molar-refractivity contribution >= 4 is 84.0 Å². The molecule has 11 nitrogen and oxygen atoms in total. The van der Waals surface area contributed by atoms with Crippen molar-refractivity contribution in [3.05, 3.63) is 92.9 Å². The number of anilines is 2. The number of nitrogens with one attached hydrogen (secondary N) is 2. The molecule has 0 heterocycles. The van der Waals surface area contributed by atoms with Crippen LogP contribution in [0.25, 0.3) is 0 Å². The zero-order valence-electron chi connectivity index (χ0n) is 20.5. The molecule has 0 saturated carbocycles. The number of benzene rings is 4. The van der Waals surface area contributed by atoms with Crippen LogP contribution in [0.2, 0.25) is 20.1 Å². The highest BCUT2D eigenvalue weighted by Gasteiger charge is 2.29. The fraction of sp³-hybridized carbons (Fsp3) is 0. The van der Waals surface area contributed by atoms with Gasteiger partial charge in [-0.15, -0.1) is 0 Å². The summed E-state index contributed by atoms with van der Waals surface area (Å²) in [7, 11) is -10.1. The molecule has 4 aromatic rings. The van der Waals surface area contributed by atoms with Crippen LogP contribution in [0, 0.1) is 0 Å². The molecular formula is C25H16Cl4N2O9S2. The van der Waals surface area contributed by atoms with Crippen LogP contribution in [0.15, 0.2) is 82.6 Å². The fourth-order valence-corrected chi connectivity index (χ4v) is 6.11. The molecule has 0 aliphatic heterocycles. The number of ether oxygens (including phenoxy) is 2. The summed E-state index contributed by atoms with van der Waals surface area (Å²) in [5.41, 5.74) is -1.24. The van der Waals surface area contributed by atoms with Gasteiger partial charge in [-0.05, 0) is 72.8 Å². The Morgan fingerprint density at radius 3 is 1.21 bits per heavy atom. The van der Waals surface area contributed by atoms with Crippen LogP contribution in [-0.2, 0) is 20.2 Å². The first kappa shape index (κ1) is 31.7. The van der Waals surface area contributed by atoms with Gasteiger partial charge < -0.3 is 20.1 Å². The molecule has 0 bridgehead atoms. The van der Waals surface area contributed by atoms with Crippen molar-refractivity contribution < 1.29 is 40.2 Å². The Bertz CT molecular complexity index is 1750. The van der Waals surface area contributed by atoms with Crippen LogP contribution in [0.5, 0.6) is 23.0 Å². The Labute approximate surface area is 259 Å². The number of urea groups is 1. The average Bonchev–Trinajstić information content (AvgIpc) is 2.88. The lowest BCUT2D eigenvalue weighted by atomic mass is 10.2. The minimum absolute atomic E-state index is 0.161. The van der Waals surface area contributed by atoms with Gasteiger partial charge in [0.05, 0.1) is 10.0 Å². The average molecular weight is 694 g/mol. The molecule has 4 aromatic carbocycles. The third-order valence-corrected chi connectivity index (χ3v) is 8.46. The molecule has 0 atom stereocenters. The number of hydrogen-bond donors (Lipinski definition) is 4. The predicted molar refractivity (Wildman–Crippen MR) is 158 cm³/mol. The van der Waals surface area contributed by atoms with Crippen molar-refractivity contribution in [1.29, 1.82) is 0 Å². The van der Waals surface area contributed by atoms with E-state index in [9.17, 15) is 30.7 Å². The van der Waals surface area contributed by atoms with E-state index in [-0.39, 0.29) is 23.0 Å². The van der Waals surface area contributed by atoms with Crippen molar-refractivity contribution in [1.82, 2.24) is 0 Å². The Morgan fingerprint density at radius 2 is 0.905 bits per heavy atom. The lowest BCUT2D eigenvalue weighted by molar-refractivity contribution is 0.262. The summed E-state index contributed by atoms with van der Waals surface area (Å²) in [4.78, 5) is 11.4. The fourth-order valence-electron chi connectivity index (χ4n) is 3.51. The van der Waals surface area contributed by atoms with E-state index in [2.05, 4.69) is 10.6 Å². The second-order valence-electron chi connectivity index (χ2n) is 8.14. The van der Waals surface area contributed by atoms with E-state index in [0.29, 0.717) is 10.0 Å². The highest BCUT2D eigenvalue weighted by molar-refractivity contribution is 7.86. The third-order valence-electron chi connectivity index (χ3n) is 5.22. The van der Waals surface area contributed by atoms with Crippen molar-refractivity contribution in [2.45, 2.75) is 9.79 Å². The van der Waals surface area contributed by atoms with Gasteiger partial charge in [-0.3, -0.25) is 9.11 Å². The van der Waals surface area contributed by atoms with Gasteiger partial charge in [0.1, 0.15) is 32.7 Å². The lowest BCUT2D eigenvalue weighted by Gasteiger charge is -2.19. The summed E-state index contributed by atoms with van der Waals surface area (Å²) in [5.74, 6) is -0.256. The first-order valence-corrected chi connectivity index (χ1v) is 15.6. The maximum Gasteiger partial charge on any atom is 0.323 e. The van der Waals surface area contributed by atoms with Gasteiger partial charge in [0.2, 0.25) is 0 Å². The SMILES string of the molecule is O=C(Nc1c(Oc2ccc(Cl)cc2)ccc(Cl)c1S(=O)(=O)O)Nc1c(Oc2ccc(Cl)cc2)ccc(Cl)c1S(=O)(=O)O. The predicted octanol–water partition coefficient (Wildman–Crippen LogP) is 8.02. The van der Waals surface area contributed by atoms with Crippen LogP contribution in [0.4, 0.5) is 16.2 Å². The van der Waals surface area contributed by atoms with E-state index in [0.717, 1.165) is 12.1 Å². The van der Waals surface area contributed by atoms with Crippen LogP contribution in [0.1, 0.15) is 0 Å². The largest absolute Gasteiger partial charge is 0.455 e. The maximum absolute atomic E-state index is 13.3. The molecule has 0 unspecified atom stereocenters. The van der Waals surface area contributed by atoms with Gasteiger partial charge in [0.25, 0.3) is 20.2 Å². The Morgan fingerprint density at radius 1 is 0.571 bits per heavy atom. The first-order chi connectivity index (χ1) is 19.6. The van der Waals surface area contributed by atoms with Gasteiger partial charge in [0, 0.05) is 10.0 Å². The number of carbonyl (C=O) groups is 1. The number of carbonyl (C=O) groups excluding carboxylic acids is 1. The lowest BCUT2D eigenvalue weighted by Crippen LogP contribution is -2.23. The normalized spacial score (nSPS) is 11.6. The number of amides is 2.